The van der Waals surface area contributed by atoms with Gasteiger partial charge in [0.1, 0.15) is 23.7 Å². The lowest BCUT2D eigenvalue weighted by atomic mass is 10.0. The molecular weight excluding hydrogens is 465 g/mol. The van der Waals surface area contributed by atoms with E-state index in [0.29, 0.717) is 22.6 Å². The largest absolute Gasteiger partial charge is 0.503 e. The summed E-state index contributed by atoms with van der Waals surface area (Å²) in [7, 11) is 2.75. The van der Waals surface area contributed by atoms with Gasteiger partial charge in [0.15, 0.2) is 5.75 Å². The van der Waals surface area contributed by atoms with E-state index in [1.54, 1.807) is 48.5 Å². The zero-order chi connectivity index (χ0) is 23.8. The molecule has 0 atom stereocenters. The summed E-state index contributed by atoms with van der Waals surface area (Å²) in [6.45, 7) is 0.136. The maximum Gasteiger partial charge on any atom is 0.341 e. The first-order valence-electron chi connectivity index (χ1n) is 9.66. The lowest BCUT2D eigenvalue weighted by Gasteiger charge is -2.15. The fraction of sp³-hybridized carbons (Fsp3) is 0.120. The smallest absolute Gasteiger partial charge is 0.341 e. The number of hydrogen-bond donors (Lipinski definition) is 0. The van der Waals surface area contributed by atoms with Crippen LogP contribution in [0.15, 0.2) is 66.9 Å². The summed E-state index contributed by atoms with van der Waals surface area (Å²) in [6.07, 6.45) is 1.33. The number of ether oxygens (including phenoxy) is 4. The van der Waals surface area contributed by atoms with E-state index < -0.39 is 5.97 Å². The minimum atomic E-state index is -0.528. The Bertz CT molecular complexity index is 1190. The van der Waals surface area contributed by atoms with Crippen molar-refractivity contribution in [2.24, 2.45) is 0 Å². The van der Waals surface area contributed by atoms with Crippen LogP contribution in [0, 0.1) is 11.3 Å². The van der Waals surface area contributed by atoms with Crippen molar-refractivity contribution in [1.82, 2.24) is 0 Å². The number of nitrogens with zero attached hydrogens (tertiary/aromatic N) is 1. The molecule has 0 unspecified atom stereocenters. The molecular formula is C25H19Cl2NO5. The lowest BCUT2D eigenvalue weighted by Crippen LogP contribution is -2.08. The molecule has 168 valence electrons. The van der Waals surface area contributed by atoms with Crippen LogP contribution >= 0.6 is 23.2 Å². The minimum absolute atomic E-state index is 0.136. The second-order valence-electron chi connectivity index (χ2n) is 6.66. The minimum Gasteiger partial charge on any atom is -0.503 e. The van der Waals surface area contributed by atoms with E-state index in [-0.39, 0.29) is 28.0 Å². The molecule has 0 N–H and O–H groups in total. The van der Waals surface area contributed by atoms with Crippen molar-refractivity contribution < 1.29 is 23.7 Å². The fourth-order valence-electron chi connectivity index (χ4n) is 2.95. The second-order valence-corrected chi connectivity index (χ2v) is 7.47. The van der Waals surface area contributed by atoms with Crippen LogP contribution in [0.5, 0.6) is 17.2 Å². The number of hydrogen-bond acceptors (Lipinski definition) is 6. The molecule has 0 aromatic heterocycles. The van der Waals surface area contributed by atoms with Crippen LogP contribution in [-0.2, 0) is 20.9 Å². The summed E-state index contributed by atoms with van der Waals surface area (Å²) in [4.78, 5) is 12.2. The highest BCUT2D eigenvalue weighted by Crippen LogP contribution is 2.40. The normalized spacial score (nSPS) is 10.8. The molecule has 0 saturated heterocycles. The number of esters is 1. The first kappa shape index (κ1) is 24.0. The van der Waals surface area contributed by atoms with Gasteiger partial charge < -0.3 is 18.9 Å². The van der Waals surface area contributed by atoms with E-state index in [2.05, 4.69) is 0 Å². The molecule has 0 heterocycles. The number of carbonyl (C=O) groups is 1. The summed E-state index contributed by atoms with van der Waals surface area (Å²) < 4.78 is 21.6. The summed E-state index contributed by atoms with van der Waals surface area (Å²) in [6, 6.07) is 19.0. The monoisotopic (exact) mass is 483 g/mol. The van der Waals surface area contributed by atoms with Crippen LogP contribution in [0.25, 0.3) is 5.57 Å². The maximum absolute atomic E-state index is 12.2. The highest BCUT2D eigenvalue weighted by Gasteiger charge is 2.17. The van der Waals surface area contributed by atoms with Crippen LogP contribution in [-0.4, -0.2) is 20.2 Å². The standard InChI is InChI=1S/C25H19Cl2NO5/c1-30-15-21(25(29)31-2)20-6-4-3-5-17(20)14-32-19-11-22(26)24(23(27)12-19)33-18-9-7-16(13-28)8-10-18/h3-12,15H,14H2,1-2H3/b21-15+. The Balaban J connectivity index is 1.80. The van der Waals surface area contributed by atoms with E-state index >= 15 is 0 Å². The Morgan fingerprint density at radius 2 is 1.67 bits per heavy atom. The van der Waals surface area contributed by atoms with E-state index in [4.69, 9.17) is 47.4 Å². The lowest BCUT2D eigenvalue weighted by molar-refractivity contribution is -0.133. The second kappa shape index (κ2) is 11.3. The van der Waals surface area contributed by atoms with Crippen LogP contribution in [0.2, 0.25) is 10.0 Å². The number of carbonyl (C=O) groups excluding carboxylic acids is 1. The average molecular weight is 484 g/mol. The van der Waals surface area contributed by atoms with Crippen LogP contribution < -0.4 is 9.47 Å². The molecule has 0 amide bonds. The van der Waals surface area contributed by atoms with E-state index in [1.807, 2.05) is 18.2 Å². The third-order valence-electron chi connectivity index (χ3n) is 4.52. The van der Waals surface area contributed by atoms with Gasteiger partial charge in [-0.3, -0.25) is 0 Å². The molecule has 3 aromatic carbocycles. The molecule has 0 aliphatic rings. The maximum atomic E-state index is 12.2. The predicted octanol–water partition coefficient (Wildman–Crippen LogP) is 6.40. The van der Waals surface area contributed by atoms with Gasteiger partial charge in [-0.25, -0.2) is 4.79 Å². The molecule has 0 bridgehead atoms. The first-order valence-corrected chi connectivity index (χ1v) is 10.4. The topological polar surface area (TPSA) is 77.8 Å². The number of nitriles is 1. The molecule has 8 heteroatoms. The summed E-state index contributed by atoms with van der Waals surface area (Å²) in [5.41, 5.74) is 2.13. The van der Waals surface area contributed by atoms with Gasteiger partial charge in [-0.05, 0) is 35.4 Å². The molecule has 3 aromatic rings. The van der Waals surface area contributed by atoms with Gasteiger partial charge in [0.05, 0.1) is 42.2 Å². The van der Waals surface area contributed by atoms with Crippen molar-refractivity contribution in [3.63, 3.8) is 0 Å². The van der Waals surface area contributed by atoms with E-state index in [0.717, 1.165) is 5.56 Å². The fourth-order valence-corrected chi connectivity index (χ4v) is 3.50. The van der Waals surface area contributed by atoms with Crippen LogP contribution in [0.1, 0.15) is 16.7 Å². The van der Waals surface area contributed by atoms with Crippen LogP contribution in [0.4, 0.5) is 0 Å². The van der Waals surface area contributed by atoms with E-state index in [1.165, 1.54) is 20.5 Å². The van der Waals surface area contributed by atoms with Gasteiger partial charge in [-0.15, -0.1) is 0 Å². The Kier molecular flexibility index (Phi) is 8.20. The zero-order valence-electron chi connectivity index (χ0n) is 17.8. The predicted molar refractivity (Wildman–Crippen MR) is 125 cm³/mol. The summed E-state index contributed by atoms with van der Waals surface area (Å²) in [5, 5.41) is 9.41. The van der Waals surface area contributed by atoms with Gasteiger partial charge in [0.25, 0.3) is 0 Å². The van der Waals surface area contributed by atoms with Crippen molar-refractivity contribution >= 4 is 34.7 Å². The van der Waals surface area contributed by atoms with Crippen molar-refractivity contribution in [2.45, 2.75) is 6.61 Å². The van der Waals surface area contributed by atoms with Gasteiger partial charge in [-0.1, -0.05) is 47.5 Å². The van der Waals surface area contributed by atoms with Crippen molar-refractivity contribution in [1.29, 1.82) is 5.26 Å². The molecule has 6 nitrogen and oxygen atoms in total. The third kappa shape index (κ3) is 5.98. The van der Waals surface area contributed by atoms with Gasteiger partial charge in [-0.2, -0.15) is 5.26 Å². The molecule has 33 heavy (non-hydrogen) atoms. The number of rotatable bonds is 8. The van der Waals surface area contributed by atoms with Crippen molar-refractivity contribution in [3.05, 3.63) is 93.7 Å². The molecule has 0 fully saturated rings. The molecule has 3 rings (SSSR count). The molecule has 0 aliphatic carbocycles. The Labute approximate surface area is 201 Å². The highest BCUT2D eigenvalue weighted by molar-refractivity contribution is 6.37. The van der Waals surface area contributed by atoms with Crippen molar-refractivity contribution in [2.75, 3.05) is 14.2 Å². The molecule has 0 saturated carbocycles. The number of halogens is 2. The molecule has 0 aliphatic heterocycles. The average Bonchev–Trinajstić information content (AvgIpc) is 2.83. The number of benzene rings is 3. The SMILES string of the molecule is CO/C=C(/C(=O)OC)c1ccccc1COc1cc(Cl)c(Oc2ccc(C#N)cc2)c(Cl)c1. The molecule has 0 radical (unpaired) electrons. The third-order valence-corrected chi connectivity index (χ3v) is 5.08. The zero-order valence-corrected chi connectivity index (χ0v) is 19.3. The van der Waals surface area contributed by atoms with Gasteiger partial charge in [0, 0.05) is 12.1 Å². The number of methoxy groups -OCH3 is 2. The quantitative estimate of drug-likeness (QED) is 0.209. The highest BCUT2D eigenvalue weighted by atomic mass is 35.5. The summed E-state index contributed by atoms with van der Waals surface area (Å²) >= 11 is 12.8. The Morgan fingerprint density at radius 3 is 2.27 bits per heavy atom. The van der Waals surface area contributed by atoms with Crippen LogP contribution in [0.3, 0.4) is 0 Å². The first-order chi connectivity index (χ1) is 16.0. The van der Waals surface area contributed by atoms with Gasteiger partial charge >= 0.3 is 5.97 Å². The van der Waals surface area contributed by atoms with E-state index in [9.17, 15) is 4.79 Å². The molecule has 0 spiro atoms. The Morgan fingerprint density at radius 1 is 1.00 bits per heavy atom. The Hall–Kier alpha value is -3.66. The van der Waals surface area contributed by atoms with Crippen molar-refractivity contribution in [3.8, 4) is 23.3 Å². The van der Waals surface area contributed by atoms with Gasteiger partial charge in [0.2, 0.25) is 0 Å². The summed E-state index contributed by atoms with van der Waals surface area (Å²) in [5.74, 6) is 0.648.